The van der Waals surface area contributed by atoms with Crippen molar-refractivity contribution in [3.63, 3.8) is 0 Å². The predicted octanol–water partition coefficient (Wildman–Crippen LogP) is 1.73. The van der Waals surface area contributed by atoms with Gasteiger partial charge in [-0.05, 0) is 37.3 Å². The number of nitrogens with zero attached hydrogens (tertiary/aromatic N) is 4. The van der Waals surface area contributed by atoms with Crippen LogP contribution in [0.25, 0.3) is 22.6 Å². The van der Waals surface area contributed by atoms with E-state index in [2.05, 4.69) is 30.6 Å². The number of nitrogens with two attached hydrogens (primary N) is 1. The number of amides is 1. The molecule has 35 heavy (non-hydrogen) atoms. The van der Waals surface area contributed by atoms with Gasteiger partial charge in [0.15, 0.2) is 5.82 Å². The minimum atomic E-state index is -0.946. The summed E-state index contributed by atoms with van der Waals surface area (Å²) in [6.45, 7) is 2.67. The van der Waals surface area contributed by atoms with Crippen LogP contribution in [0.2, 0.25) is 0 Å². The van der Waals surface area contributed by atoms with Crippen molar-refractivity contribution in [2.24, 2.45) is 11.1 Å². The van der Waals surface area contributed by atoms with Crippen molar-refractivity contribution in [1.82, 2.24) is 25.3 Å². The molecule has 0 atom stereocenters. The average Bonchev–Trinajstić information content (AvgIpc) is 3.32. The predicted molar refractivity (Wildman–Crippen MR) is 124 cm³/mol. The molecule has 1 aliphatic heterocycles. The summed E-state index contributed by atoms with van der Waals surface area (Å²) in [4.78, 5) is 29.0. The van der Waals surface area contributed by atoms with Gasteiger partial charge in [-0.15, -0.1) is 0 Å². The molecular weight excluding hydrogens is 455 g/mol. The second-order valence-corrected chi connectivity index (χ2v) is 8.19. The van der Waals surface area contributed by atoms with E-state index in [0.717, 1.165) is 0 Å². The van der Waals surface area contributed by atoms with E-state index >= 15 is 0 Å². The topological polar surface area (TPSA) is 164 Å². The molecule has 0 saturated carbocycles. The van der Waals surface area contributed by atoms with Crippen LogP contribution in [0.4, 0.5) is 10.3 Å². The Morgan fingerprint density at radius 2 is 2.03 bits per heavy atom. The van der Waals surface area contributed by atoms with E-state index in [0.29, 0.717) is 47.5 Å². The van der Waals surface area contributed by atoms with Crippen molar-refractivity contribution in [1.29, 1.82) is 5.26 Å². The molecule has 0 radical (unpaired) electrons. The first-order valence-corrected chi connectivity index (χ1v) is 10.9. The van der Waals surface area contributed by atoms with E-state index in [1.807, 2.05) is 6.07 Å². The van der Waals surface area contributed by atoms with E-state index < -0.39 is 11.7 Å². The van der Waals surface area contributed by atoms with Gasteiger partial charge < -0.3 is 30.8 Å². The number of hydrogen-bond donors (Lipinski definition) is 4. The number of halogens is 1. The fraction of sp³-hybridized carbons (Fsp3) is 0.348. The molecule has 3 heterocycles. The Balaban J connectivity index is 1.63. The van der Waals surface area contributed by atoms with Gasteiger partial charge in [-0.25, -0.2) is 19.3 Å². The Morgan fingerprint density at radius 1 is 1.29 bits per heavy atom. The second-order valence-electron chi connectivity index (χ2n) is 8.19. The highest BCUT2D eigenvalue weighted by Crippen LogP contribution is 2.35. The zero-order valence-electron chi connectivity index (χ0n) is 19.0. The number of nitriles is 1. The molecule has 182 valence electrons. The molecule has 1 amide bonds. The van der Waals surface area contributed by atoms with Crippen LogP contribution >= 0.6 is 0 Å². The number of aromatic nitrogens is 4. The Labute approximate surface area is 200 Å². The molecule has 1 fully saturated rings. The summed E-state index contributed by atoms with van der Waals surface area (Å²) in [5, 5.41) is 14.3. The zero-order valence-corrected chi connectivity index (χ0v) is 19.0. The first kappa shape index (κ1) is 24.2. The van der Waals surface area contributed by atoms with Gasteiger partial charge in [0.05, 0.1) is 41.8 Å². The summed E-state index contributed by atoms with van der Waals surface area (Å²) in [5.41, 5.74) is 6.91. The Hall–Kier alpha value is -3.92. The number of benzene rings is 1. The Morgan fingerprint density at radius 3 is 2.71 bits per heavy atom. The third kappa shape index (κ3) is 5.43. The van der Waals surface area contributed by atoms with Crippen molar-refractivity contribution >= 4 is 11.9 Å². The lowest BCUT2D eigenvalue weighted by Crippen LogP contribution is -2.48. The SMILES string of the molecule is CC1(C(=O)NCC#N)COC(c2nc(-c3ccc(F)cc3)c(-c3ccnc(NCCN)n3)[nH]2)OC1. The maximum absolute atomic E-state index is 13.6. The Kier molecular flexibility index (Phi) is 7.31. The van der Waals surface area contributed by atoms with E-state index in [4.69, 9.17) is 20.5 Å². The lowest BCUT2D eigenvalue weighted by atomic mass is 9.91. The third-order valence-corrected chi connectivity index (χ3v) is 5.38. The first-order chi connectivity index (χ1) is 16.9. The summed E-state index contributed by atoms with van der Waals surface area (Å²) in [6.07, 6.45) is 0.742. The molecule has 11 nitrogen and oxygen atoms in total. The van der Waals surface area contributed by atoms with Gasteiger partial charge in [-0.2, -0.15) is 5.26 Å². The number of carbonyl (C=O) groups excluding carboxylic acids is 1. The number of aromatic amines is 1. The lowest BCUT2D eigenvalue weighted by molar-refractivity contribution is -0.230. The van der Waals surface area contributed by atoms with Crippen LogP contribution in [-0.2, 0) is 14.3 Å². The fourth-order valence-electron chi connectivity index (χ4n) is 3.50. The van der Waals surface area contributed by atoms with Crippen molar-refractivity contribution in [3.05, 3.63) is 48.2 Å². The largest absolute Gasteiger partial charge is 0.353 e. The molecule has 0 bridgehead atoms. The number of anilines is 1. The fourth-order valence-corrected chi connectivity index (χ4v) is 3.50. The van der Waals surface area contributed by atoms with Crippen molar-refractivity contribution < 1.29 is 18.7 Å². The van der Waals surface area contributed by atoms with Crippen LogP contribution in [0, 0.1) is 22.6 Å². The quantitative estimate of drug-likeness (QED) is 0.352. The van der Waals surface area contributed by atoms with Gasteiger partial charge in [-0.3, -0.25) is 4.79 Å². The zero-order chi connectivity index (χ0) is 24.8. The molecule has 12 heteroatoms. The normalized spacial score (nSPS) is 19.7. The van der Waals surface area contributed by atoms with Gasteiger partial charge >= 0.3 is 0 Å². The highest BCUT2D eigenvalue weighted by atomic mass is 19.1. The maximum Gasteiger partial charge on any atom is 0.231 e. The van der Waals surface area contributed by atoms with E-state index in [1.165, 1.54) is 12.1 Å². The molecule has 2 aromatic heterocycles. The standard InChI is InChI=1S/C23H25FN8O3/c1-23(21(33)27-10-7-25)12-34-20(35-13-23)19-31-17(14-2-4-15(24)5-3-14)18(32-19)16-6-9-28-22(30-16)29-11-8-26/h2-6,9,20H,8,10-13,26H2,1H3,(H,27,33)(H,31,32)(H,28,29,30). The van der Waals surface area contributed by atoms with Gasteiger partial charge in [0.25, 0.3) is 0 Å². The lowest BCUT2D eigenvalue weighted by Gasteiger charge is -2.35. The number of carbonyl (C=O) groups is 1. The summed E-state index contributed by atoms with van der Waals surface area (Å²) < 4.78 is 25.2. The number of ether oxygens (including phenoxy) is 2. The van der Waals surface area contributed by atoms with E-state index in [9.17, 15) is 9.18 Å². The van der Waals surface area contributed by atoms with Crippen LogP contribution in [0.1, 0.15) is 19.0 Å². The number of H-pyrrole nitrogens is 1. The number of rotatable bonds is 8. The molecule has 5 N–H and O–H groups in total. The van der Waals surface area contributed by atoms with E-state index in [1.54, 1.807) is 31.3 Å². The van der Waals surface area contributed by atoms with Gasteiger partial charge in [0, 0.05) is 24.8 Å². The van der Waals surface area contributed by atoms with Crippen molar-refractivity contribution in [2.45, 2.75) is 13.2 Å². The number of imidazole rings is 1. The van der Waals surface area contributed by atoms with Gasteiger partial charge in [0.1, 0.15) is 12.4 Å². The van der Waals surface area contributed by atoms with Crippen LogP contribution in [0.15, 0.2) is 36.5 Å². The van der Waals surface area contributed by atoms with Crippen LogP contribution in [0.5, 0.6) is 0 Å². The maximum atomic E-state index is 13.6. The molecule has 1 saturated heterocycles. The summed E-state index contributed by atoms with van der Waals surface area (Å²) in [7, 11) is 0. The van der Waals surface area contributed by atoms with Crippen LogP contribution in [0.3, 0.4) is 0 Å². The smallest absolute Gasteiger partial charge is 0.231 e. The number of hydrogen-bond acceptors (Lipinski definition) is 9. The van der Waals surface area contributed by atoms with Crippen molar-refractivity contribution in [2.75, 3.05) is 38.2 Å². The van der Waals surface area contributed by atoms with Crippen LogP contribution < -0.4 is 16.4 Å². The minimum absolute atomic E-state index is 0.0670. The molecule has 1 aliphatic rings. The molecule has 0 aliphatic carbocycles. The summed E-state index contributed by atoms with van der Waals surface area (Å²) in [6, 6.07) is 9.53. The molecule has 3 aromatic rings. The molecular formula is C23H25FN8O3. The van der Waals surface area contributed by atoms with Crippen molar-refractivity contribution in [3.8, 4) is 28.7 Å². The highest BCUT2D eigenvalue weighted by Gasteiger charge is 2.40. The summed E-state index contributed by atoms with van der Waals surface area (Å²) in [5.74, 6) is 0.0739. The average molecular weight is 481 g/mol. The van der Waals surface area contributed by atoms with E-state index in [-0.39, 0.29) is 31.5 Å². The summed E-state index contributed by atoms with van der Waals surface area (Å²) >= 11 is 0. The van der Waals surface area contributed by atoms with Gasteiger partial charge in [0.2, 0.25) is 18.1 Å². The second kappa shape index (κ2) is 10.6. The molecule has 0 spiro atoms. The Bertz CT molecular complexity index is 1220. The minimum Gasteiger partial charge on any atom is -0.353 e. The molecule has 1 aromatic carbocycles. The monoisotopic (exact) mass is 480 g/mol. The highest BCUT2D eigenvalue weighted by molar-refractivity contribution is 5.83. The molecule has 0 unspecified atom stereocenters. The van der Waals surface area contributed by atoms with Crippen LogP contribution in [-0.4, -0.2) is 58.7 Å². The molecule has 4 rings (SSSR count). The first-order valence-electron chi connectivity index (χ1n) is 10.9. The third-order valence-electron chi connectivity index (χ3n) is 5.38. The van der Waals surface area contributed by atoms with Gasteiger partial charge in [-0.1, -0.05) is 0 Å². The number of nitrogens with one attached hydrogen (secondary N) is 3.